The highest BCUT2D eigenvalue weighted by Gasteiger charge is 2.28. The second-order valence-corrected chi connectivity index (χ2v) is 7.51. The topological polar surface area (TPSA) is 113 Å². The van der Waals surface area contributed by atoms with E-state index in [0.29, 0.717) is 47.3 Å². The number of nitrogens with two attached hydrogens (primary N) is 2. The number of rotatable bonds is 7. The molecule has 1 aliphatic heterocycles. The Morgan fingerprint density at radius 2 is 2.00 bits per heavy atom. The van der Waals surface area contributed by atoms with Crippen molar-refractivity contribution in [1.29, 1.82) is 0 Å². The van der Waals surface area contributed by atoms with E-state index in [4.69, 9.17) is 20.9 Å². The summed E-state index contributed by atoms with van der Waals surface area (Å²) in [6.45, 7) is 1.58. The lowest BCUT2D eigenvalue weighted by atomic mass is 10.1. The summed E-state index contributed by atoms with van der Waals surface area (Å²) < 4.78 is 40.8. The summed E-state index contributed by atoms with van der Waals surface area (Å²) in [5.41, 5.74) is 14.0. The monoisotopic (exact) mass is 454 g/mol. The number of methoxy groups -OCH3 is 1. The molecular weight excluding hydrogens is 430 g/mol. The van der Waals surface area contributed by atoms with Gasteiger partial charge in [0.25, 0.3) is 5.92 Å². The molecule has 3 aromatic rings. The molecule has 33 heavy (non-hydrogen) atoms. The Morgan fingerprint density at radius 3 is 2.73 bits per heavy atom. The highest BCUT2D eigenvalue weighted by molar-refractivity contribution is 6.10. The van der Waals surface area contributed by atoms with Gasteiger partial charge in [0.1, 0.15) is 12.8 Å². The first-order valence-electron chi connectivity index (χ1n) is 10.3. The van der Waals surface area contributed by atoms with Gasteiger partial charge in [0, 0.05) is 36.4 Å². The SMILES string of the molecule is COc1cc(-c2ccc3ncc(C4=CC(C(C)(F)F)=CC(N)N=C4)n3n2)ccc1OCCN. The standard InChI is InChI=1S/C23H24F2N6O2/c1-23(24,25)16-9-15(12-28-21(27)11-16)18-13-29-22-6-4-17(30-31(18)22)14-3-5-19(33-8-7-26)20(10-14)32-2/h3-6,9-13,21H,7-8,26-27H2,1-2H3. The first-order chi connectivity index (χ1) is 15.8. The first-order valence-corrected chi connectivity index (χ1v) is 10.3. The fourth-order valence-corrected chi connectivity index (χ4v) is 3.40. The van der Waals surface area contributed by atoms with Crippen LogP contribution in [0.3, 0.4) is 0 Å². The maximum atomic E-state index is 14.1. The number of nitrogens with zero attached hydrogens (tertiary/aromatic N) is 4. The van der Waals surface area contributed by atoms with Gasteiger partial charge in [0.15, 0.2) is 17.1 Å². The quantitative estimate of drug-likeness (QED) is 0.567. The zero-order chi connectivity index (χ0) is 23.6. The predicted octanol–water partition coefficient (Wildman–Crippen LogP) is 3.08. The minimum Gasteiger partial charge on any atom is -0.493 e. The molecule has 0 saturated carbocycles. The van der Waals surface area contributed by atoms with Crippen LogP contribution in [0.5, 0.6) is 11.5 Å². The first kappa shape index (κ1) is 22.6. The third-order valence-corrected chi connectivity index (χ3v) is 5.05. The van der Waals surface area contributed by atoms with Crippen molar-refractivity contribution in [2.75, 3.05) is 20.3 Å². The molecule has 0 amide bonds. The number of benzene rings is 1. The largest absolute Gasteiger partial charge is 0.493 e. The number of imidazole rings is 1. The average Bonchev–Trinajstić information content (AvgIpc) is 3.11. The summed E-state index contributed by atoms with van der Waals surface area (Å²) >= 11 is 0. The Bertz CT molecular complexity index is 1260. The molecule has 1 atom stereocenters. The van der Waals surface area contributed by atoms with Crippen LogP contribution < -0.4 is 20.9 Å². The molecule has 0 bridgehead atoms. The number of fused-ring (bicyclic) bond motifs is 1. The van der Waals surface area contributed by atoms with Crippen LogP contribution in [0, 0.1) is 0 Å². The number of hydrogen-bond acceptors (Lipinski definition) is 7. The van der Waals surface area contributed by atoms with Gasteiger partial charge in [-0.05, 0) is 42.5 Å². The molecule has 4 rings (SSSR count). The molecule has 0 aliphatic carbocycles. The second-order valence-electron chi connectivity index (χ2n) is 7.51. The normalized spacial score (nSPS) is 16.4. The molecule has 0 spiro atoms. The third kappa shape index (κ3) is 4.76. The van der Waals surface area contributed by atoms with Crippen LogP contribution >= 0.6 is 0 Å². The number of aromatic nitrogens is 3. The molecule has 8 nitrogen and oxygen atoms in total. The van der Waals surface area contributed by atoms with Gasteiger partial charge in [-0.25, -0.2) is 18.3 Å². The van der Waals surface area contributed by atoms with E-state index in [1.165, 1.54) is 18.4 Å². The zero-order valence-corrected chi connectivity index (χ0v) is 18.2. The fourth-order valence-electron chi connectivity index (χ4n) is 3.40. The summed E-state index contributed by atoms with van der Waals surface area (Å²) in [6, 6.07) is 9.05. The van der Waals surface area contributed by atoms with E-state index in [1.807, 2.05) is 12.1 Å². The lowest BCUT2D eigenvalue weighted by Gasteiger charge is -2.13. The number of hydrogen-bond donors (Lipinski definition) is 2. The van der Waals surface area contributed by atoms with Gasteiger partial charge in [-0.2, -0.15) is 5.10 Å². The smallest absolute Gasteiger partial charge is 0.270 e. The van der Waals surface area contributed by atoms with E-state index in [0.717, 1.165) is 12.5 Å². The van der Waals surface area contributed by atoms with Crippen molar-refractivity contribution in [1.82, 2.24) is 14.6 Å². The molecule has 0 fully saturated rings. The van der Waals surface area contributed by atoms with E-state index < -0.39 is 12.1 Å². The molecule has 4 N–H and O–H groups in total. The Hall–Kier alpha value is -3.63. The summed E-state index contributed by atoms with van der Waals surface area (Å²) in [7, 11) is 1.55. The molecule has 2 aromatic heterocycles. The molecule has 1 aliphatic rings. The van der Waals surface area contributed by atoms with Gasteiger partial charge in [-0.3, -0.25) is 4.99 Å². The highest BCUT2D eigenvalue weighted by Crippen LogP contribution is 2.33. The summed E-state index contributed by atoms with van der Waals surface area (Å²) in [5, 5.41) is 4.68. The van der Waals surface area contributed by atoms with E-state index in [1.54, 1.807) is 36.0 Å². The molecule has 172 valence electrons. The number of aliphatic imine (C=N–C) groups is 1. The van der Waals surface area contributed by atoms with Crippen LogP contribution in [0.25, 0.3) is 22.5 Å². The molecular formula is C23H24F2N6O2. The van der Waals surface area contributed by atoms with Crippen molar-refractivity contribution in [3.05, 3.63) is 59.9 Å². The number of ether oxygens (including phenoxy) is 2. The Balaban J connectivity index is 1.77. The van der Waals surface area contributed by atoms with Crippen LogP contribution in [-0.4, -0.2) is 53.2 Å². The van der Waals surface area contributed by atoms with Gasteiger partial charge in [0.05, 0.1) is 24.7 Å². The summed E-state index contributed by atoms with van der Waals surface area (Å²) in [4.78, 5) is 8.49. The Morgan fingerprint density at radius 1 is 1.18 bits per heavy atom. The Labute approximate surface area is 189 Å². The number of alkyl halides is 2. The zero-order valence-electron chi connectivity index (χ0n) is 18.2. The van der Waals surface area contributed by atoms with Gasteiger partial charge >= 0.3 is 0 Å². The second kappa shape index (κ2) is 9.08. The van der Waals surface area contributed by atoms with Gasteiger partial charge in [-0.1, -0.05) is 0 Å². The lowest BCUT2D eigenvalue weighted by molar-refractivity contribution is 0.0671. The minimum atomic E-state index is -3.07. The molecule has 1 aromatic carbocycles. The lowest BCUT2D eigenvalue weighted by Crippen LogP contribution is -2.18. The molecule has 1 unspecified atom stereocenters. The third-order valence-electron chi connectivity index (χ3n) is 5.05. The van der Waals surface area contributed by atoms with E-state index in [9.17, 15) is 8.78 Å². The van der Waals surface area contributed by atoms with Crippen molar-refractivity contribution in [3.63, 3.8) is 0 Å². The summed E-state index contributed by atoms with van der Waals surface area (Å²) in [6.07, 6.45) is 4.77. The van der Waals surface area contributed by atoms with Crippen LogP contribution in [0.1, 0.15) is 12.6 Å². The van der Waals surface area contributed by atoms with E-state index >= 15 is 0 Å². The molecule has 10 heteroatoms. The van der Waals surface area contributed by atoms with Crippen molar-refractivity contribution in [2.45, 2.75) is 19.0 Å². The van der Waals surface area contributed by atoms with Crippen molar-refractivity contribution >= 4 is 17.4 Å². The van der Waals surface area contributed by atoms with Crippen molar-refractivity contribution in [2.24, 2.45) is 16.5 Å². The fraction of sp³-hybridized carbons (Fsp3) is 0.261. The van der Waals surface area contributed by atoms with Gasteiger partial charge in [-0.15, -0.1) is 0 Å². The van der Waals surface area contributed by atoms with Crippen molar-refractivity contribution in [3.8, 4) is 22.8 Å². The maximum absolute atomic E-state index is 14.1. The summed E-state index contributed by atoms with van der Waals surface area (Å²) in [5.74, 6) is -1.95. The predicted molar refractivity (Wildman–Crippen MR) is 123 cm³/mol. The molecule has 3 heterocycles. The Kier molecular flexibility index (Phi) is 6.21. The van der Waals surface area contributed by atoms with Crippen LogP contribution in [-0.2, 0) is 0 Å². The van der Waals surface area contributed by atoms with Crippen LogP contribution in [0.4, 0.5) is 8.78 Å². The van der Waals surface area contributed by atoms with Gasteiger partial charge < -0.3 is 20.9 Å². The van der Waals surface area contributed by atoms with Crippen LogP contribution in [0.15, 0.2) is 59.2 Å². The average molecular weight is 454 g/mol. The highest BCUT2D eigenvalue weighted by atomic mass is 19.3. The molecule has 0 radical (unpaired) electrons. The minimum absolute atomic E-state index is 0.216. The maximum Gasteiger partial charge on any atom is 0.270 e. The van der Waals surface area contributed by atoms with Gasteiger partial charge in [0.2, 0.25) is 0 Å². The van der Waals surface area contributed by atoms with Crippen LogP contribution in [0.2, 0.25) is 0 Å². The number of halogens is 2. The van der Waals surface area contributed by atoms with E-state index in [2.05, 4.69) is 15.1 Å². The number of allylic oxidation sites excluding steroid dienone is 3. The molecule has 0 saturated heterocycles. The van der Waals surface area contributed by atoms with E-state index in [-0.39, 0.29) is 5.57 Å². The van der Waals surface area contributed by atoms with Crippen molar-refractivity contribution < 1.29 is 18.3 Å².